The molecule has 0 fully saturated rings. The molecule has 2 amide bonds. The quantitative estimate of drug-likeness (QED) is 0.442. The number of nitrogens with one attached hydrogen (secondary N) is 2. The molecule has 2 rings (SSSR count). The molecule has 2 aromatic carbocycles. The lowest BCUT2D eigenvalue weighted by molar-refractivity contribution is -0.384. The van der Waals surface area contributed by atoms with Gasteiger partial charge in [-0.05, 0) is 25.1 Å². The number of benzene rings is 2. The summed E-state index contributed by atoms with van der Waals surface area (Å²) >= 11 is 12.0. The molecule has 0 saturated carbocycles. The minimum atomic E-state index is -1.37. The van der Waals surface area contributed by atoms with Crippen LogP contribution in [0.1, 0.15) is 5.56 Å². The van der Waals surface area contributed by atoms with Crippen LogP contribution >= 0.6 is 23.2 Å². The number of carbonyl (C=O) groups excluding carboxylic acids is 2. The molecule has 2 aromatic rings. The third kappa shape index (κ3) is 5.18. The van der Waals surface area contributed by atoms with E-state index in [0.29, 0.717) is 5.69 Å². The Kier molecular flexibility index (Phi) is 6.54. The molecule has 9 heteroatoms. The molecule has 0 aliphatic heterocycles. The van der Waals surface area contributed by atoms with Gasteiger partial charge in [0, 0.05) is 23.5 Å². The van der Waals surface area contributed by atoms with Gasteiger partial charge in [-0.1, -0.05) is 23.8 Å². The summed E-state index contributed by atoms with van der Waals surface area (Å²) in [6.45, 7) is 1.91. The fraction of sp³-hybridized carbons (Fsp3) is 0.176. The molecule has 0 saturated heterocycles. The second-order valence-corrected chi connectivity index (χ2v) is 6.40. The van der Waals surface area contributed by atoms with E-state index < -0.39 is 27.5 Å². The highest BCUT2D eigenvalue weighted by atomic mass is 35.5. The van der Waals surface area contributed by atoms with Crippen LogP contribution in [0.3, 0.4) is 0 Å². The molecule has 0 aromatic heterocycles. The third-order valence-corrected chi connectivity index (χ3v) is 4.43. The Labute approximate surface area is 159 Å². The van der Waals surface area contributed by atoms with Crippen LogP contribution in [0.15, 0.2) is 48.5 Å². The molecule has 0 aliphatic rings. The number of halogens is 2. The number of rotatable bonds is 6. The summed E-state index contributed by atoms with van der Waals surface area (Å²) in [5.74, 6) is -1.38. The van der Waals surface area contributed by atoms with E-state index in [0.717, 1.165) is 5.56 Å². The highest BCUT2D eigenvalue weighted by molar-refractivity contribution is 6.44. The van der Waals surface area contributed by atoms with Crippen LogP contribution in [0.5, 0.6) is 0 Å². The maximum atomic E-state index is 12.2. The summed E-state index contributed by atoms with van der Waals surface area (Å²) in [7, 11) is 0. The van der Waals surface area contributed by atoms with E-state index in [1.165, 1.54) is 24.3 Å². The van der Waals surface area contributed by atoms with Gasteiger partial charge in [0.1, 0.15) is 10.8 Å². The molecule has 0 bridgehead atoms. The Morgan fingerprint density at radius 3 is 2.04 bits per heavy atom. The molecule has 2 unspecified atom stereocenters. The topological polar surface area (TPSA) is 101 Å². The molecule has 2 N–H and O–H groups in total. The molecule has 2 atom stereocenters. The van der Waals surface area contributed by atoms with E-state index in [4.69, 9.17) is 23.2 Å². The van der Waals surface area contributed by atoms with E-state index >= 15 is 0 Å². The minimum absolute atomic E-state index is 0.178. The van der Waals surface area contributed by atoms with Crippen molar-refractivity contribution >= 4 is 52.1 Å². The zero-order valence-corrected chi connectivity index (χ0v) is 15.1. The third-order valence-electron chi connectivity index (χ3n) is 3.40. The van der Waals surface area contributed by atoms with Gasteiger partial charge >= 0.3 is 0 Å². The number of amides is 2. The molecular formula is C17H15Cl2N3O4. The SMILES string of the molecule is Cc1ccc(NC(=O)C(Cl)C(Cl)C(=O)Nc2cccc([N+](=O)[O-])c2)cc1. The maximum Gasteiger partial charge on any atom is 0.271 e. The Hall–Kier alpha value is -2.64. The van der Waals surface area contributed by atoms with Crippen LogP contribution < -0.4 is 10.6 Å². The van der Waals surface area contributed by atoms with Crippen LogP contribution in [0, 0.1) is 17.0 Å². The van der Waals surface area contributed by atoms with Crippen LogP contribution in [0.25, 0.3) is 0 Å². The van der Waals surface area contributed by atoms with Gasteiger partial charge in [0.05, 0.1) is 4.92 Å². The summed E-state index contributed by atoms with van der Waals surface area (Å²) in [5.41, 5.74) is 1.54. The summed E-state index contributed by atoms with van der Waals surface area (Å²) in [6.07, 6.45) is 0. The average molecular weight is 396 g/mol. The second kappa shape index (κ2) is 8.64. The Morgan fingerprint density at radius 2 is 1.50 bits per heavy atom. The van der Waals surface area contributed by atoms with Crippen molar-refractivity contribution in [2.24, 2.45) is 0 Å². The van der Waals surface area contributed by atoms with Crippen LogP contribution in [0.2, 0.25) is 0 Å². The number of anilines is 2. The Bertz CT molecular complexity index is 827. The monoisotopic (exact) mass is 395 g/mol. The van der Waals surface area contributed by atoms with E-state index in [1.807, 2.05) is 19.1 Å². The van der Waals surface area contributed by atoms with Crippen LogP contribution in [0.4, 0.5) is 17.1 Å². The molecule has 7 nitrogen and oxygen atoms in total. The number of nitrogens with zero attached hydrogens (tertiary/aromatic N) is 1. The molecule has 0 heterocycles. The van der Waals surface area contributed by atoms with Crippen molar-refractivity contribution in [1.29, 1.82) is 0 Å². The largest absolute Gasteiger partial charge is 0.325 e. The zero-order chi connectivity index (χ0) is 19.3. The van der Waals surface area contributed by atoms with Gasteiger partial charge in [0.25, 0.3) is 5.69 Å². The highest BCUT2D eigenvalue weighted by Gasteiger charge is 2.30. The second-order valence-electron chi connectivity index (χ2n) is 5.46. The summed E-state index contributed by atoms with van der Waals surface area (Å²) in [5, 5.41) is 13.0. The number of hydrogen-bond donors (Lipinski definition) is 2. The van der Waals surface area contributed by atoms with Gasteiger partial charge < -0.3 is 10.6 Å². The molecule has 136 valence electrons. The first-order chi connectivity index (χ1) is 12.3. The normalized spacial score (nSPS) is 12.7. The number of hydrogen-bond acceptors (Lipinski definition) is 4. The van der Waals surface area contributed by atoms with E-state index in [1.54, 1.807) is 12.1 Å². The number of non-ortho nitro benzene ring substituents is 1. The van der Waals surface area contributed by atoms with Crippen molar-refractivity contribution in [2.45, 2.75) is 17.7 Å². The molecule has 0 aliphatic carbocycles. The molecule has 0 radical (unpaired) electrons. The van der Waals surface area contributed by atoms with E-state index in [2.05, 4.69) is 10.6 Å². The Balaban J connectivity index is 1.99. The van der Waals surface area contributed by atoms with Crippen molar-refractivity contribution < 1.29 is 14.5 Å². The molecule has 26 heavy (non-hydrogen) atoms. The Morgan fingerprint density at radius 1 is 0.962 bits per heavy atom. The zero-order valence-electron chi connectivity index (χ0n) is 13.6. The first-order valence-electron chi connectivity index (χ1n) is 7.49. The summed E-state index contributed by atoms with van der Waals surface area (Å²) < 4.78 is 0. The van der Waals surface area contributed by atoms with Crippen molar-refractivity contribution in [3.63, 3.8) is 0 Å². The summed E-state index contributed by atoms with van der Waals surface area (Å²) in [6, 6.07) is 12.4. The first-order valence-corrected chi connectivity index (χ1v) is 8.36. The van der Waals surface area contributed by atoms with E-state index in [9.17, 15) is 19.7 Å². The summed E-state index contributed by atoms with van der Waals surface area (Å²) in [4.78, 5) is 34.5. The number of nitro groups is 1. The minimum Gasteiger partial charge on any atom is -0.325 e. The highest BCUT2D eigenvalue weighted by Crippen LogP contribution is 2.20. The van der Waals surface area contributed by atoms with E-state index in [-0.39, 0.29) is 11.4 Å². The average Bonchev–Trinajstić information content (AvgIpc) is 2.62. The maximum absolute atomic E-state index is 12.2. The molecular weight excluding hydrogens is 381 g/mol. The number of aryl methyl sites for hydroxylation is 1. The van der Waals surface area contributed by atoms with Gasteiger partial charge in [-0.25, -0.2) is 0 Å². The van der Waals surface area contributed by atoms with Gasteiger partial charge in [-0.3, -0.25) is 19.7 Å². The number of nitro benzene ring substituents is 1. The standard InChI is InChI=1S/C17H15Cl2N3O4/c1-10-5-7-11(8-6-10)20-16(23)14(18)15(19)17(24)21-12-3-2-4-13(9-12)22(25)26/h2-9,14-15H,1H3,(H,20,23)(H,21,24). The van der Waals surface area contributed by atoms with Gasteiger partial charge in [-0.15, -0.1) is 23.2 Å². The van der Waals surface area contributed by atoms with Crippen LogP contribution in [-0.2, 0) is 9.59 Å². The van der Waals surface area contributed by atoms with Crippen molar-refractivity contribution in [2.75, 3.05) is 10.6 Å². The van der Waals surface area contributed by atoms with Gasteiger partial charge in [0.2, 0.25) is 11.8 Å². The fourth-order valence-electron chi connectivity index (χ4n) is 2.02. The van der Waals surface area contributed by atoms with Crippen LogP contribution in [-0.4, -0.2) is 27.5 Å². The van der Waals surface area contributed by atoms with Gasteiger partial charge in [0.15, 0.2) is 0 Å². The number of carbonyl (C=O) groups is 2. The lowest BCUT2D eigenvalue weighted by atomic mass is 10.2. The number of alkyl halides is 2. The smallest absolute Gasteiger partial charge is 0.271 e. The van der Waals surface area contributed by atoms with Crippen molar-refractivity contribution in [3.8, 4) is 0 Å². The fourth-order valence-corrected chi connectivity index (χ4v) is 2.36. The van der Waals surface area contributed by atoms with Crippen molar-refractivity contribution in [3.05, 3.63) is 64.2 Å². The predicted molar refractivity (Wildman–Crippen MR) is 101 cm³/mol. The lowest BCUT2D eigenvalue weighted by Crippen LogP contribution is -2.38. The molecule has 0 spiro atoms. The van der Waals surface area contributed by atoms with Crippen molar-refractivity contribution in [1.82, 2.24) is 0 Å². The predicted octanol–water partition coefficient (Wildman–Crippen LogP) is 3.70. The van der Waals surface area contributed by atoms with Gasteiger partial charge in [-0.2, -0.15) is 0 Å². The lowest BCUT2D eigenvalue weighted by Gasteiger charge is -2.16. The first kappa shape index (κ1) is 19.7.